The lowest BCUT2D eigenvalue weighted by Gasteiger charge is -2.20. The van der Waals surface area contributed by atoms with E-state index < -0.39 is 11.7 Å². The molecule has 13 aromatic rings. The summed E-state index contributed by atoms with van der Waals surface area (Å²) in [6.45, 7) is 1.71. The maximum absolute atomic E-state index is 14.1. The summed E-state index contributed by atoms with van der Waals surface area (Å²) >= 11 is 0. The van der Waals surface area contributed by atoms with Gasteiger partial charge in [0, 0.05) is 43.6 Å². The summed E-state index contributed by atoms with van der Waals surface area (Å²) in [6, 6.07) is 59.1. The standard InChI is InChI=1S/C57H32F3N3O2/c1-32-28-34(57(58,59)60)19-21-36(32)37-22-20-35(62-46-14-6-2-12-42(46)53-49(62)26-23-40-38-10-4-8-16-51(38)64-55(40)53)30-44(37)45-29-33(31-61)18-25-48(45)63-47-15-7-3-13-43(47)54-50(63)27-24-41-39-11-5-9-17-52(39)65-56(41)54/h2-30H,1H3. The summed E-state index contributed by atoms with van der Waals surface area (Å²) in [5, 5.41) is 18.5. The van der Waals surface area contributed by atoms with E-state index in [9.17, 15) is 18.4 Å². The molecule has 65 heavy (non-hydrogen) atoms. The molecule has 8 heteroatoms. The van der Waals surface area contributed by atoms with E-state index in [4.69, 9.17) is 8.83 Å². The summed E-state index contributed by atoms with van der Waals surface area (Å²) in [5.41, 5.74) is 11.6. The number of aromatic nitrogens is 2. The predicted octanol–water partition coefficient (Wildman–Crippen LogP) is 16.2. The number of aryl methyl sites for hydroxylation is 1. The van der Waals surface area contributed by atoms with Crippen LogP contribution < -0.4 is 0 Å². The first kappa shape index (κ1) is 37.1. The Morgan fingerprint density at radius 1 is 0.462 bits per heavy atom. The average Bonchev–Trinajstić information content (AvgIpc) is 4.08. The van der Waals surface area contributed by atoms with Crippen LogP contribution in [0.3, 0.4) is 0 Å². The molecule has 0 N–H and O–H groups in total. The Morgan fingerprint density at radius 3 is 1.62 bits per heavy atom. The molecule has 9 aromatic carbocycles. The molecule has 0 saturated carbocycles. The Labute approximate surface area is 368 Å². The summed E-state index contributed by atoms with van der Waals surface area (Å²) in [4.78, 5) is 0. The van der Waals surface area contributed by atoms with E-state index in [0.29, 0.717) is 16.7 Å². The van der Waals surface area contributed by atoms with Crippen molar-refractivity contribution in [3.05, 3.63) is 193 Å². The number of halogens is 3. The van der Waals surface area contributed by atoms with Gasteiger partial charge in [0.2, 0.25) is 0 Å². The highest BCUT2D eigenvalue weighted by molar-refractivity contribution is 6.25. The second-order valence-electron chi connectivity index (χ2n) is 16.7. The van der Waals surface area contributed by atoms with E-state index in [1.165, 1.54) is 6.07 Å². The first-order valence-electron chi connectivity index (χ1n) is 21.3. The zero-order chi connectivity index (χ0) is 43.7. The van der Waals surface area contributed by atoms with Crippen LogP contribution in [-0.2, 0) is 6.18 Å². The number of furan rings is 2. The third-order valence-corrected chi connectivity index (χ3v) is 13.1. The quantitative estimate of drug-likeness (QED) is 0.177. The van der Waals surface area contributed by atoms with Crippen LogP contribution in [0.1, 0.15) is 16.7 Å². The Bertz CT molecular complexity index is 4210. The van der Waals surface area contributed by atoms with Gasteiger partial charge in [-0.2, -0.15) is 18.4 Å². The first-order valence-corrected chi connectivity index (χ1v) is 21.3. The Morgan fingerprint density at radius 2 is 1.02 bits per heavy atom. The topological polar surface area (TPSA) is 59.9 Å². The molecule has 0 radical (unpaired) electrons. The molecule has 0 aliphatic carbocycles. The maximum atomic E-state index is 14.1. The Hall–Kier alpha value is -8.54. The van der Waals surface area contributed by atoms with E-state index in [-0.39, 0.29) is 0 Å². The SMILES string of the molecule is Cc1cc(C(F)(F)F)ccc1-c1ccc(-n2c3ccccc3c3c4oc5ccccc5c4ccc32)cc1-c1cc(C#N)ccc1-n1c2ccccc2c2c3oc4ccccc4c3ccc21. The van der Waals surface area contributed by atoms with E-state index in [1.807, 2.05) is 91.0 Å². The highest BCUT2D eigenvalue weighted by atomic mass is 19.4. The molecule has 0 saturated heterocycles. The van der Waals surface area contributed by atoms with Crippen LogP contribution in [0.2, 0.25) is 0 Å². The van der Waals surface area contributed by atoms with Crippen LogP contribution in [0.25, 0.3) is 121 Å². The van der Waals surface area contributed by atoms with Gasteiger partial charge in [-0.25, -0.2) is 0 Å². The van der Waals surface area contributed by atoms with Gasteiger partial charge in [-0.05, 0) is 120 Å². The molecule has 4 aromatic heterocycles. The van der Waals surface area contributed by atoms with E-state index in [2.05, 4.69) is 81.9 Å². The number of hydrogen-bond donors (Lipinski definition) is 0. The minimum Gasteiger partial charge on any atom is -0.455 e. The van der Waals surface area contributed by atoms with Crippen molar-refractivity contribution < 1.29 is 22.0 Å². The van der Waals surface area contributed by atoms with Gasteiger partial charge in [0.05, 0.1) is 55.7 Å². The number of nitriles is 1. The second-order valence-corrected chi connectivity index (χ2v) is 16.7. The van der Waals surface area contributed by atoms with Crippen LogP contribution in [0.5, 0.6) is 0 Å². The fourth-order valence-electron chi connectivity index (χ4n) is 10.3. The van der Waals surface area contributed by atoms with Gasteiger partial charge < -0.3 is 18.0 Å². The fraction of sp³-hybridized carbons (Fsp3) is 0.0351. The molecule has 0 atom stereocenters. The number of para-hydroxylation sites is 4. The number of fused-ring (bicyclic) bond motifs is 14. The smallest absolute Gasteiger partial charge is 0.416 e. The summed E-state index contributed by atoms with van der Waals surface area (Å²) in [7, 11) is 0. The van der Waals surface area contributed by atoms with Crippen molar-refractivity contribution in [1.29, 1.82) is 5.26 Å². The number of hydrogen-bond acceptors (Lipinski definition) is 3. The highest BCUT2D eigenvalue weighted by Gasteiger charge is 2.31. The summed E-state index contributed by atoms with van der Waals surface area (Å²) < 4.78 is 60.0. The fourth-order valence-corrected chi connectivity index (χ4v) is 10.3. The highest BCUT2D eigenvalue weighted by Crippen LogP contribution is 2.47. The number of nitrogens with zero attached hydrogens (tertiary/aromatic N) is 3. The second kappa shape index (κ2) is 13.5. The lowest BCUT2D eigenvalue weighted by atomic mass is 9.89. The van der Waals surface area contributed by atoms with Crippen molar-refractivity contribution in [3.63, 3.8) is 0 Å². The van der Waals surface area contributed by atoms with Gasteiger partial charge in [0.25, 0.3) is 0 Å². The minimum atomic E-state index is -4.51. The van der Waals surface area contributed by atoms with Crippen molar-refractivity contribution >= 4 is 87.5 Å². The van der Waals surface area contributed by atoms with Gasteiger partial charge in [-0.15, -0.1) is 0 Å². The molecule has 0 bridgehead atoms. The van der Waals surface area contributed by atoms with E-state index in [0.717, 1.165) is 122 Å². The van der Waals surface area contributed by atoms with Crippen LogP contribution in [0, 0.1) is 18.3 Å². The number of benzene rings is 9. The lowest BCUT2D eigenvalue weighted by molar-refractivity contribution is -0.137. The van der Waals surface area contributed by atoms with E-state index in [1.54, 1.807) is 13.0 Å². The molecule has 308 valence electrons. The third kappa shape index (κ3) is 5.33. The van der Waals surface area contributed by atoms with Gasteiger partial charge in [-0.3, -0.25) is 0 Å². The molecule has 0 aliphatic rings. The first-order chi connectivity index (χ1) is 31.7. The zero-order valence-corrected chi connectivity index (χ0v) is 34.5. The maximum Gasteiger partial charge on any atom is 0.416 e. The van der Waals surface area contributed by atoms with Crippen molar-refractivity contribution in [1.82, 2.24) is 9.13 Å². The van der Waals surface area contributed by atoms with Crippen LogP contribution in [0.4, 0.5) is 13.2 Å². The molecule has 5 nitrogen and oxygen atoms in total. The molecule has 0 aliphatic heterocycles. The monoisotopic (exact) mass is 847 g/mol. The van der Waals surface area contributed by atoms with Gasteiger partial charge in [0.1, 0.15) is 22.3 Å². The lowest BCUT2D eigenvalue weighted by Crippen LogP contribution is -2.05. The Kier molecular flexibility index (Phi) is 7.68. The average molecular weight is 848 g/mol. The zero-order valence-electron chi connectivity index (χ0n) is 34.5. The van der Waals surface area contributed by atoms with Crippen LogP contribution in [-0.4, -0.2) is 9.13 Å². The molecular weight excluding hydrogens is 816 g/mol. The summed E-state index contributed by atoms with van der Waals surface area (Å²) in [6.07, 6.45) is -4.51. The molecule has 0 spiro atoms. The van der Waals surface area contributed by atoms with Gasteiger partial charge in [-0.1, -0.05) is 84.9 Å². The molecule has 0 fully saturated rings. The largest absolute Gasteiger partial charge is 0.455 e. The Balaban J connectivity index is 1.13. The van der Waals surface area contributed by atoms with Gasteiger partial charge >= 0.3 is 6.18 Å². The molecule has 13 rings (SSSR count). The predicted molar refractivity (Wildman–Crippen MR) is 255 cm³/mol. The van der Waals surface area contributed by atoms with Crippen molar-refractivity contribution in [2.24, 2.45) is 0 Å². The number of alkyl halides is 3. The summed E-state index contributed by atoms with van der Waals surface area (Å²) in [5.74, 6) is 0. The molecule has 0 unspecified atom stereocenters. The molecular formula is C57H32F3N3O2. The van der Waals surface area contributed by atoms with Crippen LogP contribution in [0.15, 0.2) is 185 Å². The van der Waals surface area contributed by atoms with Crippen molar-refractivity contribution in [2.75, 3.05) is 0 Å². The minimum absolute atomic E-state index is 0.439. The van der Waals surface area contributed by atoms with Crippen molar-refractivity contribution in [2.45, 2.75) is 13.1 Å². The molecule has 0 amide bonds. The number of rotatable bonds is 4. The molecule has 4 heterocycles. The van der Waals surface area contributed by atoms with E-state index >= 15 is 0 Å². The normalized spacial score (nSPS) is 12.3. The van der Waals surface area contributed by atoms with Crippen molar-refractivity contribution in [3.8, 4) is 39.7 Å². The third-order valence-electron chi connectivity index (χ3n) is 13.1. The van der Waals surface area contributed by atoms with Gasteiger partial charge in [0.15, 0.2) is 0 Å². The van der Waals surface area contributed by atoms with Crippen LogP contribution >= 0.6 is 0 Å².